The van der Waals surface area contributed by atoms with Crippen LogP contribution in [0.2, 0.25) is 0 Å². The molecule has 0 saturated heterocycles. The number of nitrogens with zero attached hydrogens (tertiary/aromatic N) is 7. The monoisotopic (exact) mass is 379 g/mol. The summed E-state index contributed by atoms with van der Waals surface area (Å²) in [6, 6.07) is 3.26. The van der Waals surface area contributed by atoms with E-state index in [0.29, 0.717) is 31.0 Å². The third-order valence-electron chi connectivity index (χ3n) is 2.93. The molecule has 3 heterocycles. The van der Waals surface area contributed by atoms with E-state index in [1.54, 1.807) is 16.8 Å². The van der Waals surface area contributed by atoms with Gasteiger partial charge < -0.3 is 5.32 Å². The van der Waals surface area contributed by atoms with Gasteiger partial charge in [-0.1, -0.05) is 0 Å². The summed E-state index contributed by atoms with van der Waals surface area (Å²) in [4.78, 5) is 17.5. The minimum absolute atomic E-state index is 0.232. The largest absolute Gasteiger partial charge is 0.337 e. The fourth-order valence-corrected chi connectivity index (χ4v) is 2.18. The maximum Gasteiger partial charge on any atom is 0.321 e. The Morgan fingerprint density at radius 3 is 3.00 bits per heavy atom. The van der Waals surface area contributed by atoms with Crippen LogP contribution in [-0.2, 0) is 13.0 Å². The number of pyridine rings is 1. The zero-order valence-electron chi connectivity index (χ0n) is 12.3. The van der Waals surface area contributed by atoms with E-state index >= 15 is 0 Å². The van der Waals surface area contributed by atoms with E-state index in [1.165, 1.54) is 4.80 Å². The molecule has 0 aliphatic heterocycles. The van der Waals surface area contributed by atoms with Crippen molar-refractivity contribution in [1.29, 1.82) is 0 Å². The van der Waals surface area contributed by atoms with Crippen molar-refractivity contribution in [2.45, 2.75) is 19.9 Å². The average Bonchev–Trinajstić information content (AvgIpc) is 3.12. The number of amides is 2. The minimum atomic E-state index is -0.386. The minimum Gasteiger partial charge on any atom is -0.337 e. The van der Waals surface area contributed by atoms with Crippen LogP contribution in [0.4, 0.5) is 10.7 Å². The Balaban J connectivity index is 1.51. The van der Waals surface area contributed by atoms with E-state index in [2.05, 4.69) is 52.1 Å². The van der Waals surface area contributed by atoms with Gasteiger partial charge >= 0.3 is 6.03 Å². The summed E-state index contributed by atoms with van der Waals surface area (Å²) < 4.78 is 2.45. The Labute approximate surface area is 139 Å². The summed E-state index contributed by atoms with van der Waals surface area (Å²) in [5, 5.41) is 21.3. The number of hydrogen-bond donors (Lipinski definition) is 2. The van der Waals surface area contributed by atoms with Gasteiger partial charge in [0.1, 0.15) is 0 Å². The second-order valence-electron chi connectivity index (χ2n) is 4.61. The second-order valence-corrected chi connectivity index (χ2v) is 5.53. The van der Waals surface area contributed by atoms with Crippen molar-refractivity contribution in [3.8, 4) is 0 Å². The summed E-state index contributed by atoms with van der Waals surface area (Å²) in [6.45, 7) is 2.98. The first-order valence-electron chi connectivity index (χ1n) is 6.97. The Bertz CT molecular complexity index is 827. The van der Waals surface area contributed by atoms with Crippen LogP contribution in [0.5, 0.6) is 0 Å². The highest BCUT2D eigenvalue weighted by Crippen LogP contribution is 2.11. The molecular formula is C12H14BrN9O. The number of tetrazole rings is 1. The lowest BCUT2D eigenvalue weighted by molar-refractivity contribution is 0.252. The van der Waals surface area contributed by atoms with Gasteiger partial charge in [-0.05, 0) is 40.2 Å². The normalized spacial score (nSPS) is 10.9. The van der Waals surface area contributed by atoms with Gasteiger partial charge in [-0.25, -0.2) is 9.31 Å². The highest BCUT2D eigenvalue weighted by Gasteiger charge is 2.08. The fraction of sp³-hybridized carbons (Fsp3) is 0.333. The van der Waals surface area contributed by atoms with Crippen molar-refractivity contribution in [2.24, 2.45) is 0 Å². The Kier molecular flexibility index (Phi) is 4.46. The lowest BCUT2D eigenvalue weighted by Crippen LogP contribution is -2.31. The van der Waals surface area contributed by atoms with E-state index in [9.17, 15) is 4.79 Å². The predicted molar refractivity (Wildman–Crippen MR) is 84.9 cm³/mol. The molecule has 0 fully saturated rings. The van der Waals surface area contributed by atoms with Crippen LogP contribution < -0.4 is 10.6 Å². The van der Waals surface area contributed by atoms with E-state index in [4.69, 9.17) is 0 Å². The number of aryl methyl sites for hydroxylation is 1. The first-order chi connectivity index (χ1) is 11.1. The molecule has 0 radical (unpaired) electrons. The van der Waals surface area contributed by atoms with E-state index in [-0.39, 0.29) is 12.0 Å². The molecule has 0 bridgehead atoms. The second kappa shape index (κ2) is 6.69. The molecule has 2 amide bonds. The van der Waals surface area contributed by atoms with Gasteiger partial charge in [-0.3, -0.25) is 5.32 Å². The molecule has 0 aliphatic carbocycles. The number of carbonyl (C=O) groups excluding carboxylic acids is 1. The molecule has 23 heavy (non-hydrogen) atoms. The van der Waals surface area contributed by atoms with Crippen LogP contribution in [0.1, 0.15) is 12.7 Å². The molecule has 0 aliphatic rings. The lowest BCUT2D eigenvalue weighted by Gasteiger charge is -2.02. The molecule has 0 aromatic carbocycles. The highest BCUT2D eigenvalue weighted by atomic mass is 79.9. The number of carbonyl (C=O) groups is 1. The van der Waals surface area contributed by atoms with Crippen molar-refractivity contribution in [3.05, 3.63) is 28.6 Å². The van der Waals surface area contributed by atoms with Crippen molar-refractivity contribution < 1.29 is 4.79 Å². The molecule has 0 atom stereocenters. The number of fused-ring (bicyclic) bond motifs is 1. The summed E-state index contributed by atoms with van der Waals surface area (Å²) in [5.74, 6) is 0.818. The third-order valence-corrected chi connectivity index (χ3v) is 3.40. The zero-order valence-corrected chi connectivity index (χ0v) is 13.9. The molecule has 11 heteroatoms. The first-order valence-corrected chi connectivity index (χ1v) is 7.77. The quantitative estimate of drug-likeness (QED) is 0.679. The molecule has 3 aromatic rings. The predicted octanol–water partition coefficient (Wildman–Crippen LogP) is 0.862. The number of aromatic nitrogens is 7. The maximum absolute atomic E-state index is 11.8. The molecule has 3 rings (SSSR count). The highest BCUT2D eigenvalue weighted by molar-refractivity contribution is 9.10. The van der Waals surface area contributed by atoms with Gasteiger partial charge in [0.25, 0.3) is 5.95 Å². The van der Waals surface area contributed by atoms with Crippen LogP contribution >= 0.6 is 15.9 Å². The zero-order chi connectivity index (χ0) is 16.2. The van der Waals surface area contributed by atoms with Crippen LogP contribution in [0.25, 0.3) is 5.65 Å². The number of halogens is 1. The van der Waals surface area contributed by atoms with Crippen molar-refractivity contribution >= 4 is 33.6 Å². The van der Waals surface area contributed by atoms with Gasteiger partial charge in [0.05, 0.1) is 6.54 Å². The summed E-state index contributed by atoms with van der Waals surface area (Å²) >= 11 is 3.35. The van der Waals surface area contributed by atoms with Crippen LogP contribution in [0.15, 0.2) is 22.8 Å². The number of rotatable bonds is 5. The standard InChI is InChI=1S/C12H14BrN9O/c1-2-22-18-9(17-20-22)5-6-14-12(23)16-11-15-10-4-3-8(13)7-21(10)19-11/h3-4,7H,2,5-6H2,1H3,(H2,14,16,19,23). The average molecular weight is 380 g/mol. The molecule has 0 saturated carbocycles. The number of anilines is 1. The number of hydrogen-bond acceptors (Lipinski definition) is 6. The van der Waals surface area contributed by atoms with Gasteiger partial charge in [0.15, 0.2) is 11.5 Å². The van der Waals surface area contributed by atoms with Crippen molar-refractivity contribution in [1.82, 2.24) is 40.1 Å². The first kappa shape index (κ1) is 15.3. The fourth-order valence-electron chi connectivity index (χ4n) is 1.85. The van der Waals surface area contributed by atoms with Gasteiger partial charge in [-0.15, -0.1) is 15.3 Å². The SMILES string of the molecule is CCn1nnc(CCNC(=O)Nc2nc3ccc(Br)cn3n2)n1. The van der Waals surface area contributed by atoms with E-state index in [0.717, 1.165) is 4.47 Å². The summed E-state index contributed by atoms with van der Waals surface area (Å²) in [7, 11) is 0. The van der Waals surface area contributed by atoms with Crippen LogP contribution in [-0.4, -0.2) is 47.4 Å². The van der Waals surface area contributed by atoms with Gasteiger partial charge in [-0.2, -0.15) is 9.78 Å². The Morgan fingerprint density at radius 2 is 2.22 bits per heavy atom. The van der Waals surface area contributed by atoms with Crippen molar-refractivity contribution in [3.63, 3.8) is 0 Å². The lowest BCUT2D eigenvalue weighted by atomic mass is 10.4. The molecule has 0 unspecified atom stereocenters. The van der Waals surface area contributed by atoms with E-state index in [1.807, 2.05) is 13.0 Å². The number of urea groups is 1. The third kappa shape index (κ3) is 3.80. The van der Waals surface area contributed by atoms with Gasteiger partial charge in [0.2, 0.25) is 0 Å². The molecule has 3 aromatic heterocycles. The smallest absolute Gasteiger partial charge is 0.321 e. The number of nitrogens with one attached hydrogen (secondary N) is 2. The summed E-state index contributed by atoms with van der Waals surface area (Å²) in [5.41, 5.74) is 0.642. The van der Waals surface area contributed by atoms with Crippen LogP contribution in [0, 0.1) is 0 Å². The Morgan fingerprint density at radius 1 is 1.35 bits per heavy atom. The molecule has 10 nitrogen and oxygen atoms in total. The topological polar surface area (TPSA) is 115 Å². The molecule has 2 N–H and O–H groups in total. The van der Waals surface area contributed by atoms with Crippen LogP contribution in [0.3, 0.4) is 0 Å². The summed E-state index contributed by atoms with van der Waals surface area (Å²) in [6.07, 6.45) is 2.26. The Hall–Kier alpha value is -2.56. The molecule has 120 valence electrons. The molecular weight excluding hydrogens is 366 g/mol. The maximum atomic E-state index is 11.8. The van der Waals surface area contributed by atoms with Gasteiger partial charge in [0, 0.05) is 23.6 Å². The van der Waals surface area contributed by atoms with Crippen molar-refractivity contribution in [2.75, 3.05) is 11.9 Å². The molecule has 0 spiro atoms. The van der Waals surface area contributed by atoms with E-state index < -0.39 is 0 Å².